The summed E-state index contributed by atoms with van der Waals surface area (Å²) in [5.74, 6) is 0.888. The Bertz CT molecular complexity index is 2430. The van der Waals surface area contributed by atoms with Crippen molar-refractivity contribution in [2.24, 2.45) is 0 Å². The number of ether oxygens (including phenoxy) is 1. The van der Waals surface area contributed by atoms with Crippen molar-refractivity contribution in [2.45, 2.75) is 44.4 Å². The maximum absolute atomic E-state index is 9.79. The van der Waals surface area contributed by atoms with E-state index in [4.69, 9.17) is 4.74 Å². The van der Waals surface area contributed by atoms with Crippen molar-refractivity contribution in [2.75, 3.05) is 0 Å². The molecule has 7 aromatic carbocycles. The van der Waals surface area contributed by atoms with Gasteiger partial charge in [-0.05, 0) is 94.4 Å². The lowest BCUT2D eigenvalue weighted by Crippen LogP contribution is -2.35. The first-order chi connectivity index (χ1) is 24.9. The zero-order chi connectivity index (χ0) is 34.6. The summed E-state index contributed by atoms with van der Waals surface area (Å²) >= 11 is 3.52. The monoisotopic (exact) mass is 691 g/mol. The van der Waals surface area contributed by atoms with Gasteiger partial charge < -0.3 is 4.74 Å². The average Bonchev–Trinajstić information content (AvgIpc) is 3.42. The van der Waals surface area contributed by atoms with Crippen LogP contribution in [0, 0.1) is 11.3 Å². The summed E-state index contributed by atoms with van der Waals surface area (Å²) in [4.78, 5) is 4.77. The van der Waals surface area contributed by atoms with E-state index in [1.807, 2.05) is 18.2 Å². The molecule has 0 saturated carbocycles. The minimum absolute atomic E-state index is 0.327. The van der Waals surface area contributed by atoms with Gasteiger partial charge in [0.25, 0.3) is 0 Å². The molecule has 0 atom stereocenters. The number of fused-ring (bicyclic) bond motifs is 8. The third-order valence-electron chi connectivity index (χ3n) is 10.2. The summed E-state index contributed by atoms with van der Waals surface area (Å²) in [6.07, 6.45) is 4.55. The molecule has 0 amide bonds. The summed E-state index contributed by atoms with van der Waals surface area (Å²) in [5, 5.41) is 12.0. The molecule has 1 aliphatic carbocycles. The number of hydrogen-bond acceptors (Lipinski definition) is 4. The smallest absolute Gasteiger partial charge is 0.178 e. The lowest BCUT2D eigenvalue weighted by Gasteiger charge is -2.38. The van der Waals surface area contributed by atoms with E-state index in [1.54, 1.807) is 23.5 Å². The molecular weight excluding hydrogens is 659 g/mol. The highest BCUT2D eigenvalue weighted by Gasteiger charge is 2.44. The highest BCUT2D eigenvalue weighted by Crippen LogP contribution is 2.58. The van der Waals surface area contributed by atoms with Crippen LogP contribution in [-0.2, 0) is 11.0 Å². The zero-order valence-electron chi connectivity index (χ0n) is 28.3. The second kappa shape index (κ2) is 12.4. The topological polar surface area (TPSA) is 33.0 Å². The molecule has 4 heteroatoms. The maximum atomic E-state index is 9.79. The fraction of sp³-hybridized carbons (Fsp3) is 0.0851. The second-order valence-corrected chi connectivity index (χ2v) is 15.9. The summed E-state index contributed by atoms with van der Waals surface area (Å²) in [7, 11) is 0. The number of hydrogen-bond donors (Lipinski definition) is 0. The maximum Gasteiger partial charge on any atom is 0.178 e. The molecular formula is C47H33NOS2. The van der Waals surface area contributed by atoms with E-state index in [9.17, 15) is 5.26 Å². The first-order valence-corrected chi connectivity index (χ1v) is 18.8. The quantitative estimate of drug-likeness (QED) is 0.174. The lowest BCUT2D eigenvalue weighted by molar-refractivity contribution is 0.163. The minimum Gasteiger partial charge on any atom is -0.472 e. The van der Waals surface area contributed by atoms with Gasteiger partial charge in [-0.3, -0.25) is 0 Å². The summed E-state index contributed by atoms with van der Waals surface area (Å²) in [6, 6.07) is 55.8. The molecule has 0 radical (unpaired) electrons. The van der Waals surface area contributed by atoms with Crippen LogP contribution < -0.4 is 4.74 Å². The molecule has 0 spiro atoms. The van der Waals surface area contributed by atoms with Gasteiger partial charge in [-0.15, -0.1) is 0 Å². The van der Waals surface area contributed by atoms with Crippen molar-refractivity contribution in [1.82, 2.24) is 0 Å². The van der Waals surface area contributed by atoms with Crippen LogP contribution in [0.25, 0.3) is 28.0 Å². The summed E-state index contributed by atoms with van der Waals surface area (Å²) in [5.41, 5.74) is 7.58. The highest BCUT2D eigenvalue weighted by atomic mass is 32.2. The number of nitriles is 1. The summed E-state index contributed by atoms with van der Waals surface area (Å²) in [6.45, 7) is 4.55. The van der Waals surface area contributed by atoms with Gasteiger partial charge in [-0.2, -0.15) is 5.26 Å². The largest absolute Gasteiger partial charge is 0.472 e. The van der Waals surface area contributed by atoms with Gasteiger partial charge in [0, 0.05) is 47.1 Å². The molecule has 7 aromatic rings. The van der Waals surface area contributed by atoms with E-state index in [-0.39, 0.29) is 5.41 Å². The Kier molecular flexibility index (Phi) is 7.65. The first-order valence-electron chi connectivity index (χ1n) is 17.1. The van der Waals surface area contributed by atoms with E-state index in [2.05, 4.69) is 166 Å². The third kappa shape index (κ3) is 5.28. The van der Waals surface area contributed by atoms with Crippen LogP contribution in [0.3, 0.4) is 0 Å². The molecule has 2 aliphatic rings. The van der Waals surface area contributed by atoms with Gasteiger partial charge in [-0.25, -0.2) is 0 Å². The Morgan fingerprint density at radius 1 is 0.588 bits per heavy atom. The molecule has 0 bridgehead atoms. The Morgan fingerprint density at radius 2 is 1.12 bits per heavy atom. The number of benzene rings is 7. The van der Waals surface area contributed by atoms with Crippen molar-refractivity contribution in [3.05, 3.63) is 191 Å². The van der Waals surface area contributed by atoms with E-state index >= 15 is 0 Å². The van der Waals surface area contributed by atoms with Crippen molar-refractivity contribution >= 4 is 40.4 Å². The SMILES string of the molecule is CC1(C)c2cc(C#N)ccc2-c2c1c1c(c3ccccc23)OC(c2ccc(Sc3ccccc3)cc2)(c2ccc(Sc3ccccc3)cc2)C=C1. The normalized spacial score (nSPS) is 14.6. The zero-order valence-corrected chi connectivity index (χ0v) is 29.9. The molecule has 0 saturated heterocycles. The predicted molar refractivity (Wildman–Crippen MR) is 211 cm³/mol. The molecule has 0 aromatic heterocycles. The molecule has 1 heterocycles. The van der Waals surface area contributed by atoms with Crippen molar-refractivity contribution in [1.29, 1.82) is 5.26 Å². The van der Waals surface area contributed by atoms with Gasteiger partial charge >= 0.3 is 0 Å². The molecule has 244 valence electrons. The Morgan fingerprint density at radius 3 is 1.69 bits per heavy atom. The molecule has 1 aliphatic heterocycles. The molecule has 9 rings (SSSR count). The average molecular weight is 692 g/mol. The fourth-order valence-electron chi connectivity index (χ4n) is 7.77. The highest BCUT2D eigenvalue weighted by molar-refractivity contribution is 7.99. The predicted octanol–water partition coefficient (Wildman–Crippen LogP) is 12.7. The van der Waals surface area contributed by atoms with Crippen LogP contribution in [0.1, 0.15) is 47.2 Å². The van der Waals surface area contributed by atoms with E-state index in [0.29, 0.717) is 5.56 Å². The molecule has 0 unspecified atom stereocenters. The number of nitrogens with zero attached hydrogens (tertiary/aromatic N) is 1. The lowest BCUT2D eigenvalue weighted by atomic mass is 9.76. The van der Waals surface area contributed by atoms with E-state index < -0.39 is 5.60 Å². The van der Waals surface area contributed by atoms with Crippen LogP contribution in [0.2, 0.25) is 0 Å². The van der Waals surface area contributed by atoms with Crippen LogP contribution in [0.15, 0.2) is 177 Å². The van der Waals surface area contributed by atoms with Crippen LogP contribution in [0.5, 0.6) is 5.75 Å². The van der Waals surface area contributed by atoms with Crippen LogP contribution in [0.4, 0.5) is 0 Å². The van der Waals surface area contributed by atoms with Crippen molar-refractivity contribution < 1.29 is 4.74 Å². The summed E-state index contributed by atoms with van der Waals surface area (Å²) < 4.78 is 7.53. The molecule has 0 fully saturated rings. The van der Waals surface area contributed by atoms with E-state index in [0.717, 1.165) is 33.2 Å². The minimum atomic E-state index is -0.862. The van der Waals surface area contributed by atoms with Crippen LogP contribution in [-0.4, -0.2) is 0 Å². The van der Waals surface area contributed by atoms with Gasteiger partial charge in [0.1, 0.15) is 5.75 Å². The molecule has 51 heavy (non-hydrogen) atoms. The first kappa shape index (κ1) is 31.5. The van der Waals surface area contributed by atoms with E-state index in [1.165, 1.54) is 41.8 Å². The Hall–Kier alpha value is -5.47. The van der Waals surface area contributed by atoms with Gasteiger partial charge in [0.2, 0.25) is 0 Å². The van der Waals surface area contributed by atoms with Crippen LogP contribution >= 0.6 is 23.5 Å². The van der Waals surface area contributed by atoms with Gasteiger partial charge in [-0.1, -0.05) is 134 Å². The van der Waals surface area contributed by atoms with Gasteiger partial charge in [0.05, 0.1) is 11.6 Å². The van der Waals surface area contributed by atoms with Crippen molar-refractivity contribution in [3.63, 3.8) is 0 Å². The van der Waals surface area contributed by atoms with Crippen molar-refractivity contribution in [3.8, 4) is 22.9 Å². The Labute approximate surface area is 307 Å². The van der Waals surface area contributed by atoms with Gasteiger partial charge in [0.15, 0.2) is 5.60 Å². The third-order valence-corrected chi connectivity index (χ3v) is 12.2. The number of rotatable bonds is 6. The fourth-order valence-corrected chi connectivity index (χ4v) is 9.45. The standard InChI is InChI=1S/C47H33NOS2/c1-46(2)42-29-31(30-48)17-26-40(42)43-38-15-9-10-16-39(38)45-41(44(43)46)27-28-47(49-45,32-18-22-36(23-19-32)50-34-11-5-3-6-12-34)33-20-24-37(25-21-33)51-35-13-7-4-8-14-35/h3-29H,1-2H3. The molecule has 2 nitrogen and oxygen atoms in total. The second-order valence-electron chi connectivity index (χ2n) is 13.6. The Balaban J connectivity index is 1.21. The molecule has 0 N–H and O–H groups in total.